The van der Waals surface area contributed by atoms with E-state index in [2.05, 4.69) is 4.98 Å². The Kier molecular flexibility index (Phi) is 2.95. The minimum absolute atomic E-state index is 0.000509. The van der Waals surface area contributed by atoms with Gasteiger partial charge in [-0.1, -0.05) is 30.3 Å². The molecule has 3 rings (SSSR count). The van der Waals surface area contributed by atoms with Gasteiger partial charge < -0.3 is 0 Å². The van der Waals surface area contributed by atoms with Crippen molar-refractivity contribution < 1.29 is 9.59 Å². The molecule has 1 aliphatic rings. The van der Waals surface area contributed by atoms with Crippen LogP contribution in [0.5, 0.6) is 0 Å². The molecule has 0 aliphatic heterocycles. The lowest BCUT2D eigenvalue weighted by atomic mass is 9.79. The third-order valence-electron chi connectivity index (χ3n) is 3.53. The lowest BCUT2D eigenvalue weighted by molar-refractivity contribution is 0.0914. The highest BCUT2D eigenvalue weighted by molar-refractivity contribution is 6.05. The van der Waals surface area contributed by atoms with Gasteiger partial charge in [-0.25, -0.2) is 0 Å². The lowest BCUT2D eigenvalue weighted by Crippen LogP contribution is -2.22. The van der Waals surface area contributed by atoms with Gasteiger partial charge in [0.05, 0.1) is 5.92 Å². The number of nitrogens with zero attached hydrogens (tertiary/aromatic N) is 1. The van der Waals surface area contributed by atoms with Crippen molar-refractivity contribution in [3.63, 3.8) is 0 Å². The van der Waals surface area contributed by atoms with Gasteiger partial charge in [-0.3, -0.25) is 14.6 Å². The molecule has 0 radical (unpaired) electrons. The average Bonchev–Trinajstić information content (AvgIpc) is 2.48. The summed E-state index contributed by atoms with van der Waals surface area (Å²) in [7, 11) is 0. The summed E-state index contributed by atoms with van der Waals surface area (Å²) in [5.41, 5.74) is 1.99. The van der Waals surface area contributed by atoms with Crippen LogP contribution in [-0.4, -0.2) is 16.6 Å². The smallest absolute Gasteiger partial charge is 0.188 e. The molecule has 19 heavy (non-hydrogen) atoms. The van der Waals surface area contributed by atoms with E-state index in [1.54, 1.807) is 30.5 Å². The Morgan fingerprint density at radius 3 is 2.68 bits per heavy atom. The molecule has 1 aromatic heterocycles. The standard InChI is InChI=1S/C16H13NO2/c18-15-9-8-13(11-5-1-2-6-12(11)15)16(19)14-7-3-4-10-17-14/h1-7,10,13H,8-9H2. The van der Waals surface area contributed by atoms with Crippen LogP contribution in [-0.2, 0) is 0 Å². The van der Waals surface area contributed by atoms with Crippen molar-refractivity contribution in [3.05, 3.63) is 65.5 Å². The third kappa shape index (κ3) is 2.08. The maximum atomic E-state index is 12.5. The SMILES string of the molecule is O=C1CCC(C(=O)c2ccccn2)c2ccccc21. The first-order valence-corrected chi connectivity index (χ1v) is 6.35. The fourth-order valence-corrected chi connectivity index (χ4v) is 2.58. The summed E-state index contributed by atoms with van der Waals surface area (Å²) in [6.45, 7) is 0. The van der Waals surface area contributed by atoms with Crippen LogP contribution < -0.4 is 0 Å². The van der Waals surface area contributed by atoms with Crippen LogP contribution in [0.4, 0.5) is 0 Å². The van der Waals surface area contributed by atoms with Crippen LogP contribution in [0, 0.1) is 0 Å². The van der Waals surface area contributed by atoms with Crippen LogP contribution >= 0.6 is 0 Å². The normalized spacial score (nSPS) is 17.9. The first kappa shape index (κ1) is 11.8. The summed E-state index contributed by atoms with van der Waals surface area (Å²) in [5.74, 6) is -0.120. The Labute approximate surface area is 111 Å². The van der Waals surface area contributed by atoms with Gasteiger partial charge in [0.1, 0.15) is 5.69 Å². The van der Waals surface area contributed by atoms with Crippen LogP contribution in [0.15, 0.2) is 48.7 Å². The molecule has 0 saturated carbocycles. The van der Waals surface area contributed by atoms with Crippen molar-refractivity contribution in [3.8, 4) is 0 Å². The zero-order chi connectivity index (χ0) is 13.2. The third-order valence-corrected chi connectivity index (χ3v) is 3.53. The van der Waals surface area contributed by atoms with Gasteiger partial charge in [0.2, 0.25) is 0 Å². The zero-order valence-electron chi connectivity index (χ0n) is 10.4. The molecule has 0 amide bonds. The van der Waals surface area contributed by atoms with E-state index in [4.69, 9.17) is 0 Å². The summed E-state index contributed by atoms with van der Waals surface area (Å²) < 4.78 is 0. The molecule has 0 fully saturated rings. The summed E-state index contributed by atoms with van der Waals surface area (Å²) in [6, 6.07) is 12.7. The maximum Gasteiger partial charge on any atom is 0.188 e. The van der Waals surface area contributed by atoms with Crippen LogP contribution in [0.1, 0.15) is 45.2 Å². The fraction of sp³-hybridized carbons (Fsp3) is 0.188. The van der Waals surface area contributed by atoms with Crippen molar-refractivity contribution in [2.24, 2.45) is 0 Å². The molecule has 1 heterocycles. The Balaban J connectivity index is 2.02. The number of benzene rings is 1. The number of ketones is 2. The summed E-state index contributed by atoms with van der Waals surface area (Å²) in [5, 5.41) is 0. The van der Waals surface area contributed by atoms with Crippen molar-refractivity contribution in [2.75, 3.05) is 0 Å². The van der Waals surface area contributed by atoms with E-state index in [-0.39, 0.29) is 17.5 Å². The highest BCUT2D eigenvalue weighted by Crippen LogP contribution is 2.33. The molecule has 1 aromatic carbocycles. The Hall–Kier alpha value is -2.29. The quantitative estimate of drug-likeness (QED) is 0.771. The second-order valence-corrected chi connectivity index (χ2v) is 4.68. The predicted octanol–water partition coefficient (Wildman–Crippen LogP) is 3.02. The molecule has 0 bridgehead atoms. The van der Waals surface area contributed by atoms with Crippen molar-refractivity contribution in [2.45, 2.75) is 18.8 Å². The second-order valence-electron chi connectivity index (χ2n) is 4.68. The molecule has 1 aliphatic carbocycles. The van der Waals surface area contributed by atoms with Gasteiger partial charge in [0.25, 0.3) is 0 Å². The summed E-state index contributed by atoms with van der Waals surface area (Å²) >= 11 is 0. The predicted molar refractivity (Wildman–Crippen MR) is 71.3 cm³/mol. The van der Waals surface area contributed by atoms with Crippen molar-refractivity contribution in [1.29, 1.82) is 0 Å². The van der Waals surface area contributed by atoms with Crippen molar-refractivity contribution in [1.82, 2.24) is 4.98 Å². The first-order valence-electron chi connectivity index (χ1n) is 6.35. The molecule has 1 unspecified atom stereocenters. The monoisotopic (exact) mass is 251 g/mol. The summed E-state index contributed by atoms with van der Waals surface area (Å²) in [6.07, 6.45) is 2.62. The van der Waals surface area contributed by atoms with E-state index in [9.17, 15) is 9.59 Å². The number of aromatic nitrogens is 1. The zero-order valence-corrected chi connectivity index (χ0v) is 10.4. The number of pyridine rings is 1. The average molecular weight is 251 g/mol. The molecule has 2 aromatic rings. The highest BCUT2D eigenvalue weighted by atomic mass is 16.1. The number of hydrogen-bond donors (Lipinski definition) is 0. The maximum absolute atomic E-state index is 12.5. The van der Waals surface area contributed by atoms with E-state index in [0.717, 1.165) is 5.56 Å². The molecule has 0 spiro atoms. The molecular weight excluding hydrogens is 238 g/mol. The Morgan fingerprint density at radius 2 is 1.89 bits per heavy atom. The largest absolute Gasteiger partial charge is 0.294 e. The Bertz CT molecular complexity index is 634. The Morgan fingerprint density at radius 1 is 1.11 bits per heavy atom. The molecule has 0 saturated heterocycles. The van der Waals surface area contributed by atoms with Crippen LogP contribution in [0.2, 0.25) is 0 Å². The van der Waals surface area contributed by atoms with E-state index in [1.807, 2.05) is 18.2 Å². The van der Waals surface area contributed by atoms with Gasteiger partial charge in [-0.2, -0.15) is 0 Å². The number of hydrogen-bond acceptors (Lipinski definition) is 3. The van der Waals surface area contributed by atoms with E-state index in [0.29, 0.717) is 24.1 Å². The van der Waals surface area contributed by atoms with Gasteiger partial charge in [-0.15, -0.1) is 0 Å². The molecule has 3 nitrogen and oxygen atoms in total. The number of carbonyl (C=O) groups excluding carboxylic acids is 2. The van der Waals surface area contributed by atoms with Gasteiger partial charge >= 0.3 is 0 Å². The number of fused-ring (bicyclic) bond motifs is 1. The van der Waals surface area contributed by atoms with Crippen molar-refractivity contribution >= 4 is 11.6 Å². The fourth-order valence-electron chi connectivity index (χ4n) is 2.58. The lowest BCUT2D eigenvalue weighted by Gasteiger charge is -2.23. The van der Waals surface area contributed by atoms with Gasteiger partial charge in [0, 0.05) is 18.2 Å². The number of Topliss-reactive ketones (excluding diaryl/α,β-unsaturated/α-hetero) is 2. The first-order chi connectivity index (χ1) is 9.27. The van der Waals surface area contributed by atoms with E-state index >= 15 is 0 Å². The van der Waals surface area contributed by atoms with E-state index in [1.165, 1.54) is 0 Å². The van der Waals surface area contributed by atoms with Gasteiger partial charge in [0.15, 0.2) is 11.6 Å². The molecule has 94 valence electrons. The molecule has 3 heteroatoms. The number of rotatable bonds is 2. The molecular formula is C16H13NO2. The second kappa shape index (κ2) is 4.76. The van der Waals surface area contributed by atoms with Crippen LogP contribution in [0.25, 0.3) is 0 Å². The van der Waals surface area contributed by atoms with Crippen LogP contribution in [0.3, 0.4) is 0 Å². The molecule has 0 N–H and O–H groups in total. The molecule has 1 atom stereocenters. The topological polar surface area (TPSA) is 47.0 Å². The minimum Gasteiger partial charge on any atom is -0.294 e. The number of carbonyl (C=O) groups is 2. The highest BCUT2D eigenvalue weighted by Gasteiger charge is 2.31. The minimum atomic E-state index is -0.246. The summed E-state index contributed by atoms with van der Waals surface area (Å²) in [4.78, 5) is 28.5. The van der Waals surface area contributed by atoms with E-state index < -0.39 is 0 Å². The van der Waals surface area contributed by atoms with Gasteiger partial charge in [-0.05, 0) is 24.1 Å².